The largest absolute Gasteiger partial charge is 0.461 e. The van der Waals surface area contributed by atoms with Crippen LogP contribution in [0.5, 0.6) is 5.75 Å². The zero-order valence-corrected chi connectivity index (χ0v) is 11.7. The quantitative estimate of drug-likeness (QED) is 0.638. The van der Waals surface area contributed by atoms with Crippen molar-refractivity contribution in [3.8, 4) is 5.75 Å². The Morgan fingerprint density at radius 3 is 2.41 bits per heavy atom. The molecule has 0 aliphatic carbocycles. The number of fused-ring (bicyclic) bond motifs is 1. The summed E-state index contributed by atoms with van der Waals surface area (Å²) >= 11 is 0. The molecule has 1 fully saturated rings. The minimum Gasteiger partial charge on any atom is -0.461 e. The summed E-state index contributed by atoms with van der Waals surface area (Å²) < 4.78 is 11.0. The minimum atomic E-state index is -1.45. The average molecular weight is 306 g/mol. The number of rotatable bonds is 3. The second-order valence-corrected chi connectivity index (χ2v) is 5.29. The van der Waals surface area contributed by atoms with E-state index in [2.05, 4.69) is 0 Å². The Morgan fingerprint density at radius 1 is 0.909 bits per heavy atom. The van der Waals surface area contributed by atoms with Gasteiger partial charge in [0.2, 0.25) is 6.29 Å². The zero-order chi connectivity index (χ0) is 15.7. The van der Waals surface area contributed by atoms with Crippen LogP contribution in [-0.4, -0.2) is 57.7 Å². The van der Waals surface area contributed by atoms with Crippen LogP contribution in [0.15, 0.2) is 42.5 Å². The summed E-state index contributed by atoms with van der Waals surface area (Å²) in [5, 5.41) is 40.5. The Bertz CT molecular complexity index is 638. The van der Waals surface area contributed by atoms with Crippen molar-refractivity contribution in [2.75, 3.05) is 6.61 Å². The van der Waals surface area contributed by atoms with Crippen LogP contribution < -0.4 is 4.74 Å². The third kappa shape index (κ3) is 2.67. The topological polar surface area (TPSA) is 99.4 Å². The summed E-state index contributed by atoms with van der Waals surface area (Å²) in [6, 6.07) is 13.0. The van der Waals surface area contributed by atoms with Crippen molar-refractivity contribution < 1.29 is 29.9 Å². The van der Waals surface area contributed by atoms with Gasteiger partial charge >= 0.3 is 0 Å². The fourth-order valence-electron chi connectivity index (χ4n) is 2.59. The van der Waals surface area contributed by atoms with E-state index < -0.39 is 37.3 Å². The van der Waals surface area contributed by atoms with Crippen molar-refractivity contribution in [1.29, 1.82) is 0 Å². The number of aliphatic hydroxyl groups excluding tert-OH is 4. The van der Waals surface area contributed by atoms with Gasteiger partial charge < -0.3 is 29.9 Å². The molecule has 0 amide bonds. The maximum absolute atomic E-state index is 10.0. The van der Waals surface area contributed by atoms with Crippen molar-refractivity contribution >= 4 is 10.8 Å². The molecule has 0 unspecified atom stereocenters. The van der Waals surface area contributed by atoms with Crippen molar-refractivity contribution in [2.45, 2.75) is 30.7 Å². The van der Waals surface area contributed by atoms with E-state index >= 15 is 0 Å². The first-order valence-corrected chi connectivity index (χ1v) is 7.07. The number of hydrogen-bond acceptors (Lipinski definition) is 6. The maximum Gasteiger partial charge on any atom is 0.229 e. The van der Waals surface area contributed by atoms with Gasteiger partial charge in [-0.2, -0.15) is 0 Å². The molecular weight excluding hydrogens is 288 g/mol. The van der Waals surface area contributed by atoms with Crippen molar-refractivity contribution in [3.63, 3.8) is 0 Å². The summed E-state index contributed by atoms with van der Waals surface area (Å²) in [4.78, 5) is 0. The van der Waals surface area contributed by atoms with E-state index in [4.69, 9.17) is 9.47 Å². The molecule has 5 atom stereocenters. The van der Waals surface area contributed by atoms with Crippen LogP contribution in [0.1, 0.15) is 0 Å². The predicted molar refractivity (Wildman–Crippen MR) is 78.3 cm³/mol. The standard InChI is InChI=1S/C16H18O6/c17-8-12-13(18)14(19)15(20)16(22-12)21-11-7-3-5-9-4-1-2-6-10(9)11/h1-7,12-20H,8H2/t12-,13-,14+,15-,16+/m0/s1. The Kier molecular flexibility index (Phi) is 4.28. The first-order chi connectivity index (χ1) is 10.6. The fraction of sp³-hybridized carbons (Fsp3) is 0.375. The lowest BCUT2D eigenvalue weighted by Crippen LogP contribution is -2.60. The molecule has 0 aromatic heterocycles. The smallest absolute Gasteiger partial charge is 0.229 e. The van der Waals surface area contributed by atoms with E-state index in [0.717, 1.165) is 10.8 Å². The molecule has 0 spiro atoms. The molecule has 2 aromatic carbocycles. The van der Waals surface area contributed by atoms with Crippen LogP contribution >= 0.6 is 0 Å². The molecule has 1 aliphatic heterocycles. The van der Waals surface area contributed by atoms with E-state index in [-0.39, 0.29) is 0 Å². The first-order valence-electron chi connectivity index (χ1n) is 7.07. The van der Waals surface area contributed by atoms with Gasteiger partial charge in [0.1, 0.15) is 30.2 Å². The third-order valence-corrected chi connectivity index (χ3v) is 3.84. The highest BCUT2D eigenvalue weighted by Gasteiger charge is 2.44. The lowest BCUT2D eigenvalue weighted by atomic mass is 9.99. The Hall–Kier alpha value is -1.70. The monoisotopic (exact) mass is 306 g/mol. The van der Waals surface area contributed by atoms with Crippen molar-refractivity contribution in [1.82, 2.24) is 0 Å². The van der Waals surface area contributed by atoms with Gasteiger partial charge in [0.15, 0.2) is 0 Å². The normalized spacial score (nSPS) is 32.1. The molecule has 0 bridgehead atoms. The van der Waals surface area contributed by atoms with Gasteiger partial charge in [0.05, 0.1) is 6.61 Å². The second-order valence-electron chi connectivity index (χ2n) is 5.29. The van der Waals surface area contributed by atoms with E-state index in [1.807, 2.05) is 36.4 Å². The molecule has 0 radical (unpaired) electrons. The summed E-state index contributed by atoms with van der Waals surface area (Å²) in [5.74, 6) is 0.488. The number of ether oxygens (including phenoxy) is 2. The van der Waals surface area contributed by atoms with Gasteiger partial charge in [-0.25, -0.2) is 0 Å². The van der Waals surface area contributed by atoms with Crippen LogP contribution in [0.2, 0.25) is 0 Å². The Balaban J connectivity index is 1.87. The van der Waals surface area contributed by atoms with E-state index in [1.165, 1.54) is 0 Å². The van der Waals surface area contributed by atoms with Crippen LogP contribution in [-0.2, 0) is 4.74 Å². The molecule has 3 rings (SSSR count). The van der Waals surface area contributed by atoms with Crippen LogP contribution in [0.3, 0.4) is 0 Å². The molecular formula is C16H18O6. The fourth-order valence-corrected chi connectivity index (χ4v) is 2.59. The van der Waals surface area contributed by atoms with Crippen LogP contribution in [0.25, 0.3) is 10.8 Å². The molecule has 6 heteroatoms. The SMILES string of the molecule is OC[C@@H]1O[C@@H](Oc2cccc3ccccc23)[C@@H](O)[C@H](O)[C@H]1O. The first kappa shape index (κ1) is 15.2. The lowest BCUT2D eigenvalue weighted by Gasteiger charge is -2.39. The highest BCUT2D eigenvalue weighted by atomic mass is 16.7. The maximum atomic E-state index is 10.0. The average Bonchev–Trinajstić information content (AvgIpc) is 2.55. The van der Waals surface area contributed by atoms with Crippen LogP contribution in [0.4, 0.5) is 0 Å². The van der Waals surface area contributed by atoms with E-state index in [0.29, 0.717) is 5.75 Å². The summed E-state index contributed by atoms with van der Waals surface area (Å²) in [6.07, 6.45) is -6.44. The number of aliphatic hydroxyl groups is 4. The van der Waals surface area contributed by atoms with Gasteiger partial charge in [0.25, 0.3) is 0 Å². The van der Waals surface area contributed by atoms with Crippen molar-refractivity contribution in [2.24, 2.45) is 0 Å². The van der Waals surface area contributed by atoms with Gasteiger partial charge in [-0.3, -0.25) is 0 Å². The zero-order valence-electron chi connectivity index (χ0n) is 11.7. The minimum absolute atomic E-state index is 0.486. The molecule has 6 nitrogen and oxygen atoms in total. The molecule has 4 N–H and O–H groups in total. The van der Waals surface area contributed by atoms with Gasteiger partial charge in [-0.1, -0.05) is 36.4 Å². The van der Waals surface area contributed by atoms with Crippen LogP contribution in [0, 0.1) is 0 Å². The summed E-state index contributed by atoms with van der Waals surface area (Å²) in [5.41, 5.74) is 0. The molecule has 1 saturated heterocycles. The summed E-state index contributed by atoms with van der Waals surface area (Å²) in [7, 11) is 0. The number of hydrogen-bond donors (Lipinski definition) is 4. The molecule has 2 aromatic rings. The van der Waals surface area contributed by atoms with E-state index in [9.17, 15) is 20.4 Å². The second kappa shape index (κ2) is 6.20. The van der Waals surface area contributed by atoms with Gasteiger partial charge in [-0.15, -0.1) is 0 Å². The Morgan fingerprint density at radius 2 is 1.64 bits per heavy atom. The van der Waals surface area contributed by atoms with Gasteiger partial charge in [-0.05, 0) is 11.5 Å². The Labute approximate surface area is 127 Å². The highest BCUT2D eigenvalue weighted by Crippen LogP contribution is 2.29. The van der Waals surface area contributed by atoms with Gasteiger partial charge in [0, 0.05) is 5.39 Å². The number of benzene rings is 2. The lowest BCUT2D eigenvalue weighted by molar-refractivity contribution is -0.277. The summed E-state index contributed by atoms with van der Waals surface area (Å²) in [6.45, 7) is -0.486. The predicted octanol–water partition coefficient (Wildman–Crippen LogP) is 0.0185. The van der Waals surface area contributed by atoms with Crippen molar-refractivity contribution in [3.05, 3.63) is 42.5 Å². The van der Waals surface area contributed by atoms with E-state index in [1.54, 1.807) is 6.07 Å². The highest BCUT2D eigenvalue weighted by molar-refractivity contribution is 5.88. The molecule has 1 aliphatic rings. The molecule has 22 heavy (non-hydrogen) atoms. The third-order valence-electron chi connectivity index (χ3n) is 3.84. The molecule has 0 saturated carbocycles. The molecule has 118 valence electrons. The molecule has 1 heterocycles.